The summed E-state index contributed by atoms with van der Waals surface area (Å²) in [5, 5.41) is 3.15. The summed E-state index contributed by atoms with van der Waals surface area (Å²) in [6.07, 6.45) is 0. The first-order valence-corrected chi connectivity index (χ1v) is 4.35. The van der Waals surface area contributed by atoms with Crippen molar-refractivity contribution in [2.45, 2.75) is 19.4 Å². The highest BCUT2D eigenvalue weighted by molar-refractivity contribution is 5.00. The largest absolute Gasteiger partial charge is 0.378 e. The second kappa shape index (κ2) is 3.32. The van der Waals surface area contributed by atoms with Crippen LogP contribution in [0.2, 0.25) is 0 Å². The van der Waals surface area contributed by atoms with Crippen LogP contribution in [-0.4, -0.2) is 39.5 Å². The minimum absolute atomic E-state index is 0.102. The Labute approximate surface area is 74.4 Å². The molecule has 3 nitrogen and oxygen atoms in total. The van der Waals surface area contributed by atoms with E-state index in [2.05, 4.69) is 19.2 Å². The van der Waals surface area contributed by atoms with Crippen molar-refractivity contribution >= 4 is 0 Å². The number of methoxy groups -OCH3 is 1. The lowest BCUT2D eigenvalue weighted by Gasteiger charge is -2.37. The van der Waals surface area contributed by atoms with E-state index in [-0.39, 0.29) is 11.0 Å². The molecule has 0 radical (unpaired) electrons. The Morgan fingerprint density at radius 1 is 1.42 bits per heavy atom. The van der Waals surface area contributed by atoms with Crippen molar-refractivity contribution in [1.29, 1.82) is 0 Å². The third kappa shape index (κ3) is 1.37. The summed E-state index contributed by atoms with van der Waals surface area (Å²) in [5.74, 6) is 0. The fourth-order valence-corrected chi connectivity index (χ4v) is 1.78. The molecule has 1 N–H and O–H groups in total. The van der Waals surface area contributed by atoms with E-state index in [9.17, 15) is 0 Å². The Balaban J connectivity index is 2.76. The van der Waals surface area contributed by atoms with Gasteiger partial charge in [0.1, 0.15) is 5.60 Å². The normalized spacial score (nSPS) is 34.0. The molecule has 1 rings (SSSR count). The minimum atomic E-state index is -0.151. The van der Waals surface area contributed by atoms with Crippen molar-refractivity contribution in [3.8, 4) is 0 Å². The topological polar surface area (TPSA) is 30.5 Å². The van der Waals surface area contributed by atoms with Gasteiger partial charge >= 0.3 is 0 Å². The summed E-state index contributed by atoms with van der Waals surface area (Å²) in [4.78, 5) is 0. The molecule has 0 saturated carbocycles. The van der Waals surface area contributed by atoms with Crippen LogP contribution >= 0.6 is 0 Å². The highest BCUT2D eigenvalue weighted by Crippen LogP contribution is 2.39. The molecule has 0 spiro atoms. The van der Waals surface area contributed by atoms with Crippen molar-refractivity contribution in [2.75, 3.05) is 33.9 Å². The zero-order chi connectivity index (χ0) is 9.24. The van der Waals surface area contributed by atoms with Gasteiger partial charge in [-0.05, 0) is 7.05 Å². The van der Waals surface area contributed by atoms with Crippen LogP contribution in [-0.2, 0) is 9.47 Å². The standard InChI is InChI=1S/C9H19NO2/c1-8(2)6-12-7-9(8,11-4)5-10-3/h10H,5-7H2,1-4H3. The predicted molar refractivity (Wildman–Crippen MR) is 48.3 cm³/mol. The average molecular weight is 173 g/mol. The van der Waals surface area contributed by atoms with Gasteiger partial charge in [-0.2, -0.15) is 0 Å². The molecule has 1 aliphatic rings. The molecule has 1 fully saturated rings. The van der Waals surface area contributed by atoms with Gasteiger partial charge in [0, 0.05) is 19.1 Å². The maximum absolute atomic E-state index is 5.57. The van der Waals surface area contributed by atoms with Crippen LogP contribution < -0.4 is 5.32 Å². The first-order chi connectivity index (χ1) is 5.58. The Morgan fingerprint density at radius 3 is 2.42 bits per heavy atom. The van der Waals surface area contributed by atoms with Gasteiger partial charge in [0.2, 0.25) is 0 Å². The quantitative estimate of drug-likeness (QED) is 0.679. The summed E-state index contributed by atoms with van der Waals surface area (Å²) in [7, 11) is 3.70. The molecule has 0 aromatic heterocycles. The van der Waals surface area contributed by atoms with Gasteiger partial charge < -0.3 is 14.8 Å². The van der Waals surface area contributed by atoms with Gasteiger partial charge in [0.05, 0.1) is 13.2 Å². The van der Waals surface area contributed by atoms with Gasteiger partial charge in [-0.25, -0.2) is 0 Å². The Morgan fingerprint density at radius 2 is 2.08 bits per heavy atom. The number of likely N-dealkylation sites (N-methyl/N-ethyl adjacent to an activating group) is 1. The van der Waals surface area contributed by atoms with Gasteiger partial charge in [0.25, 0.3) is 0 Å². The number of rotatable bonds is 3. The second-order valence-corrected chi connectivity index (χ2v) is 4.11. The molecule has 0 aromatic rings. The lowest BCUT2D eigenvalue weighted by atomic mass is 9.77. The first-order valence-electron chi connectivity index (χ1n) is 4.35. The first kappa shape index (κ1) is 9.96. The van der Waals surface area contributed by atoms with Crippen LogP contribution in [0.5, 0.6) is 0 Å². The molecule has 12 heavy (non-hydrogen) atoms. The van der Waals surface area contributed by atoms with E-state index >= 15 is 0 Å². The van der Waals surface area contributed by atoms with Crippen molar-refractivity contribution in [3.63, 3.8) is 0 Å². The fourth-order valence-electron chi connectivity index (χ4n) is 1.78. The molecular formula is C9H19NO2. The number of hydrogen-bond donors (Lipinski definition) is 1. The van der Waals surface area contributed by atoms with E-state index in [4.69, 9.17) is 9.47 Å². The molecule has 1 saturated heterocycles. The van der Waals surface area contributed by atoms with Crippen LogP contribution in [0.25, 0.3) is 0 Å². The molecule has 1 atom stereocenters. The van der Waals surface area contributed by atoms with Crippen molar-refractivity contribution < 1.29 is 9.47 Å². The average Bonchev–Trinajstić information content (AvgIpc) is 2.29. The van der Waals surface area contributed by atoms with Crippen LogP contribution in [0.4, 0.5) is 0 Å². The highest BCUT2D eigenvalue weighted by atomic mass is 16.6. The van der Waals surface area contributed by atoms with Gasteiger partial charge in [-0.15, -0.1) is 0 Å². The van der Waals surface area contributed by atoms with E-state index in [0.29, 0.717) is 6.61 Å². The molecule has 1 aliphatic heterocycles. The van der Waals surface area contributed by atoms with Gasteiger partial charge in [-0.3, -0.25) is 0 Å². The second-order valence-electron chi connectivity index (χ2n) is 4.11. The maximum atomic E-state index is 5.57. The van der Waals surface area contributed by atoms with Crippen LogP contribution in [0.1, 0.15) is 13.8 Å². The van der Waals surface area contributed by atoms with E-state index in [0.717, 1.165) is 13.2 Å². The van der Waals surface area contributed by atoms with E-state index in [1.807, 2.05) is 7.05 Å². The van der Waals surface area contributed by atoms with Crippen molar-refractivity contribution in [3.05, 3.63) is 0 Å². The van der Waals surface area contributed by atoms with E-state index in [1.54, 1.807) is 7.11 Å². The zero-order valence-corrected chi connectivity index (χ0v) is 8.44. The smallest absolute Gasteiger partial charge is 0.111 e. The number of hydrogen-bond acceptors (Lipinski definition) is 3. The summed E-state index contributed by atoms with van der Waals surface area (Å²) >= 11 is 0. The summed E-state index contributed by atoms with van der Waals surface area (Å²) in [6.45, 7) is 6.68. The van der Waals surface area contributed by atoms with E-state index in [1.165, 1.54) is 0 Å². The molecule has 0 aliphatic carbocycles. The monoisotopic (exact) mass is 173 g/mol. The third-order valence-electron chi connectivity index (χ3n) is 2.88. The maximum Gasteiger partial charge on any atom is 0.111 e. The molecule has 0 amide bonds. The molecule has 0 bridgehead atoms. The lowest BCUT2D eigenvalue weighted by Crippen LogP contribution is -2.52. The molecule has 1 heterocycles. The van der Waals surface area contributed by atoms with E-state index < -0.39 is 0 Å². The molecule has 3 heteroatoms. The van der Waals surface area contributed by atoms with Gasteiger partial charge in [0.15, 0.2) is 0 Å². The zero-order valence-electron chi connectivity index (χ0n) is 8.44. The van der Waals surface area contributed by atoms with Gasteiger partial charge in [-0.1, -0.05) is 13.8 Å². The minimum Gasteiger partial charge on any atom is -0.378 e. The van der Waals surface area contributed by atoms with Crippen molar-refractivity contribution in [1.82, 2.24) is 5.32 Å². The lowest BCUT2D eigenvalue weighted by molar-refractivity contribution is -0.0671. The number of ether oxygens (including phenoxy) is 2. The summed E-state index contributed by atoms with van der Waals surface area (Å²) < 4.78 is 11.0. The predicted octanol–water partition coefficient (Wildman–Crippen LogP) is 0.647. The fraction of sp³-hybridized carbons (Fsp3) is 1.00. The SMILES string of the molecule is CNCC1(OC)COCC1(C)C. The van der Waals surface area contributed by atoms with Crippen molar-refractivity contribution in [2.24, 2.45) is 5.41 Å². The Bertz CT molecular complexity index is 159. The molecule has 1 unspecified atom stereocenters. The van der Waals surface area contributed by atoms with Crippen LogP contribution in [0.15, 0.2) is 0 Å². The Kier molecular flexibility index (Phi) is 2.76. The van der Waals surface area contributed by atoms with Crippen LogP contribution in [0.3, 0.4) is 0 Å². The molecular weight excluding hydrogens is 154 g/mol. The molecule has 0 aromatic carbocycles. The van der Waals surface area contributed by atoms with Crippen LogP contribution in [0, 0.1) is 5.41 Å². The highest BCUT2D eigenvalue weighted by Gasteiger charge is 2.50. The number of nitrogens with one attached hydrogen (secondary N) is 1. The Hall–Kier alpha value is -0.120. The summed E-state index contributed by atoms with van der Waals surface area (Å²) in [5.41, 5.74) is -0.0491. The molecule has 72 valence electrons. The third-order valence-corrected chi connectivity index (χ3v) is 2.88. The summed E-state index contributed by atoms with van der Waals surface area (Å²) in [6, 6.07) is 0.